The van der Waals surface area contributed by atoms with E-state index in [1.54, 1.807) is 6.20 Å². The molecule has 0 atom stereocenters. The third-order valence-corrected chi connectivity index (χ3v) is 3.51. The zero-order chi connectivity index (χ0) is 13.5. The van der Waals surface area contributed by atoms with Crippen LogP contribution in [-0.2, 0) is 6.61 Å². The first kappa shape index (κ1) is 15.4. The van der Waals surface area contributed by atoms with Gasteiger partial charge in [0.15, 0.2) is 0 Å². The summed E-state index contributed by atoms with van der Waals surface area (Å²) in [5.74, 6) is 0.767. The minimum Gasteiger partial charge on any atom is -0.395 e. The van der Waals surface area contributed by atoms with Crippen molar-refractivity contribution in [3.05, 3.63) is 22.3 Å². The SMILES string of the molecule is CCC(CC)N(CCO)c1ncc(Br)cc1CO. The van der Waals surface area contributed by atoms with Crippen LogP contribution in [0.3, 0.4) is 0 Å². The van der Waals surface area contributed by atoms with Gasteiger partial charge in [-0.25, -0.2) is 4.98 Å². The highest BCUT2D eigenvalue weighted by Gasteiger charge is 2.19. The maximum absolute atomic E-state index is 9.44. The van der Waals surface area contributed by atoms with Crippen LogP contribution in [0.25, 0.3) is 0 Å². The standard InChI is InChI=1S/C13H21BrN2O2/c1-3-12(4-2)16(5-6-17)13-10(9-18)7-11(14)8-15-13/h7-8,12,17-18H,3-6,9H2,1-2H3. The molecule has 0 aromatic carbocycles. The Morgan fingerprint density at radius 1 is 1.33 bits per heavy atom. The molecule has 0 amide bonds. The highest BCUT2D eigenvalue weighted by molar-refractivity contribution is 9.10. The second-order valence-electron chi connectivity index (χ2n) is 4.18. The van der Waals surface area contributed by atoms with Crippen molar-refractivity contribution in [3.8, 4) is 0 Å². The van der Waals surface area contributed by atoms with E-state index in [0.29, 0.717) is 12.6 Å². The second-order valence-corrected chi connectivity index (χ2v) is 5.10. The van der Waals surface area contributed by atoms with E-state index in [4.69, 9.17) is 0 Å². The summed E-state index contributed by atoms with van der Waals surface area (Å²) in [6.07, 6.45) is 3.69. The van der Waals surface area contributed by atoms with Gasteiger partial charge in [0.25, 0.3) is 0 Å². The van der Waals surface area contributed by atoms with Crippen molar-refractivity contribution in [3.63, 3.8) is 0 Å². The molecule has 0 saturated heterocycles. The Labute approximate surface area is 117 Å². The van der Waals surface area contributed by atoms with Gasteiger partial charge >= 0.3 is 0 Å². The zero-order valence-corrected chi connectivity index (χ0v) is 12.5. The summed E-state index contributed by atoms with van der Waals surface area (Å²) < 4.78 is 0.851. The lowest BCUT2D eigenvalue weighted by Crippen LogP contribution is -2.38. The van der Waals surface area contributed by atoms with E-state index in [0.717, 1.165) is 28.7 Å². The Bertz CT molecular complexity index is 370. The largest absolute Gasteiger partial charge is 0.395 e. The van der Waals surface area contributed by atoms with Crippen LogP contribution in [0, 0.1) is 0 Å². The van der Waals surface area contributed by atoms with Crippen LogP contribution in [0.4, 0.5) is 5.82 Å². The minimum absolute atomic E-state index is 0.0517. The van der Waals surface area contributed by atoms with Crippen molar-refractivity contribution >= 4 is 21.7 Å². The summed E-state index contributed by atoms with van der Waals surface area (Å²) in [7, 11) is 0. The maximum Gasteiger partial charge on any atom is 0.134 e. The van der Waals surface area contributed by atoms with Crippen molar-refractivity contribution in [1.82, 2.24) is 4.98 Å². The Morgan fingerprint density at radius 3 is 2.50 bits per heavy atom. The third kappa shape index (κ3) is 3.67. The molecule has 0 aliphatic carbocycles. The highest BCUT2D eigenvalue weighted by atomic mass is 79.9. The van der Waals surface area contributed by atoms with Crippen LogP contribution in [0.15, 0.2) is 16.7 Å². The molecular weight excluding hydrogens is 296 g/mol. The number of pyridine rings is 1. The van der Waals surface area contributed by atoms with Crippen LogP contribution in [0.5, 0.6) is 0 Å². The first-order chi connectivity index (χ1) is 8.67. The van der Waals surface area contributed by atoms with Crippen LogP contribution in [0.1, 0.15) is 32.3 Å². The van der Waals surface area contributed by atoms with Gasteiger partial charge in [0.05, 0.1) is 13.2 Å². The predicted octanol–water partition coefficient (Wildman–Crippen LogP) is 2.32. The molecule has 5 heteroatoms. The lowest BCUT2D eigenvalue weighted by Gasteiger charge is -2.32. The normalized spacial score (nSPS) is 11.0. The van der Waals surface area contributed by atoms with Gasteiger partial charge < -0.3 is 15.1 Å². The number of rotatable bonds is 7. The lowest BCUT2D eigenvalue weighted by molar-refractivity contribution is 0.278. The Morgan fingerprint density at radius 2 is 2.00 bits per heavy atom. The van der Waals surface area contributed by atoms with E-state index in [-0.39, 0.29) is 13.2 Å². The van der Waals surface area contributed by atoms with Gasteiger partial charge in [0.1, 0.15) is 5.82 Å². The summed E-state index contributed by atoms with van der Waals surface area (Å²) >= 11 is 3.35. The summed E-state index contributed by atoms with van der Waals surface area (Å²) in [5.41, 5.74) is 0.782. The van der Waals surface area contributed by atoms with E-state index in [9.17, 15) is 10.2 Å². The average molecular weight is 317 g/mol. The fourth-order valence-electron chi connectivity index (χ4n) is 2.15. The number of nitrogens with zero attached hydrogens (tertiary/aromatic N) is 2. The maximum atomic E-state index is 9.44. The third-order valence-electron chi connectivity index (χ3n) is 3.08. The summed E-state index contributed by atoms with van der Waals surface area (Å²) in [6, 6.07) is 2.20. The second kappa shape index (κ2) is 7.71. The molecule has 102 valence electrons. The fraction of sp³-hybridized carbons (Fsp3) is 0.615. The first-order valence-electron chi connectivity index (χ1n) is 6.30. The van der Waals surface area contributed by atoms with Crippen LogP contribution in [0.2, 0.25) is 0 Å². The molecule has 4 nitrogen and oxygen atoms in total. The molecule has 0 spiro atoms. The molecule has 1 rings (SSSR count). The molecule has 0 fully saturated rings. The number of aliphatic hydroxyl groups excluding tert-OH is 2. The zero-order valence-electron chi connectivity index (χ0n) is 10.9. The Kier molecular flexibility index (Phi) is 6.60. The van der Waals surface area contributed by atoms with Crippen LogP contribution >= 0.6 is 15.9 Å². The van der Waals surface area contributed by atoms with E-state index in [2.05, 4.69) is 39.7 Å². The van der Waals surface area contributed by atoms with Gasteiger partial charge in [-0.1, -0.05) is 13.8 Å². The number of hydrogen-bond donors (Lipinski definition) is 2. The van der Waals surface area contributed by atoms with E-state index in [1.165, 1.54) is 0 Å². The quantitative estimate of drug-likeness (QED) is 0.810. The Hall–Kier alpha value is -0.650. The molecule has 1 heterocycles. The van der Waals surface area contributed by atoms with Gasteiger partial charge in [0, 0.05) is 28.8 Å². The number of halogens is 1. The fourth-order valence-corrected chi connectivity index (χ4v) is 2.53. The molecule has 1 aromatic heterocycles. The van der Waals surface area contributed by atoms with Crippen molar-refractivity contribution in [2.24, 2.45) is 0 Å². The van der Waals surface area contributed by atoms with Crippen LogP contribution in [-0.4, -0.2) is 34.4 Å². The number of aliphatic hydroxyl groups is 2. The molecule has 0 unspecified atom stereocenters. The smallest absolute Gasteiger partial charge is 0.134 e. The number of aromatic nitrogens is 1. The minimum atomic E-state index is -0.0517. The van der Waals surface area contributed by atoms with Gasteiger partial charge in [-0.05, 0) is 34.8 Å². The molecule has 0 saturated carbocycles. The molecule has 0 bridgehead atoms. The van der Waals surface area contributed by atoms with Gasteiger partial charge in [0.2, 0.25) is 0 Å². The molecule has 2 N–H and O–H groups in total. The highest BCUT2D eigenvalue weighted by Crippen LogP contribution is 2.25. The summed E-state index contributed by atoms with van der Waals surface area (Å²) in [5, 5.41) is 18.7. The van der Waals surface area contributed by atoms with Crippen molar-refractivity contribution in [1.29, 1.82) is 0 Å². The van der Waals surface area contributed by atoms with Gasteiger partial charge in [-0.3, -0.25) is 0 Å². The van der Waals surface area contributed by atoms with Gasteiger partial charge in [-0.2, -0.15) is 0 Å². The molecule has 0 aliphatic heterocycles. The van der Waals surface area contributed by atoms with E-state index in [1.807, 2.05) is 6.07 Å². The monoisotopic (exact) mass is 316 g/mol. The molecule has 0 aliphatic rings. The van der Waals surface area contributed by atoms with Crippen molar-refractivity contribution < 1.29 is 10.2 Å². The topological polar surface area (TPSA) is 56.6 Å². The first-order valence-corrected chi connectivity index (χ1v) is 7.09. The predicted molar refractivity (Wildman–Crippen MR) is 76.7 cm³/mol. The molecular formula is C13H21BrN2O2. The molecule has 1 aromatic rings. The Balaban J connectivity index is 3.11. The van der Waals surface area contributed by atoms with E-state index >= 15 is 0 Å². The number of anilines is 1. The lowest BCUT2D eigenvalue weighted by atomic mass is 10.1. The summed E-state index contributed by atoms with van der Waals surface area (Å²) in [4.78, 5) is 6.47. The van der Waals surface area contributed by atoms with Crippen molar-refractivity contribution in [2.75, 3.05) is 18.1 Å². The van der Waals surface area contributed by atoms with Gasteiger partial charge in [-0.15, -0.1) is 0 Å². The van der Waals surface area contributed by atoms with Crippen LogP contribution < -0.4 is 4.90 Å². The molecule has 0 radical (unpaired) electrons. The average Bonchev–Trinajstić information content (AvgIpc) is 2.39. The van der Waals surface area contributed by atoms with Crippen molar-refractivity contribution in [2.45, 2.75) is 39.3 Å². The molecule has 18 heavy (non-hydrogen) atoms. The summed E-state index contributed by atoms with van der Waals surface area (Å²) in [6.45, 7) is 4.81. The van der Waals surface area contributed by atoms with E-state index < -0.39 is 0 Å². The number of hydrogen-bond acceptors (Lipinski definition) is 4.